The van der Waals surface area contributed by atoms with Crippen molar-refractivity contribution in [2.75, 3.05) is 19.3 Å². The maximum absolute atomic E-state index is 9.28. The van der Waals surface area contributed by atoms with Crippen LogP contribution in [0, 0.1) is 0 Å². The first kappa shape index (κ1) is 14.6. The molecule has 1 heterocycles. The van der Waals surface area contributed by atoms with Crippen LogP contribution in [0.25, 0.3) is 0 Å². The molecule has 3 nitrogen and oxygen atoms in total. The van der Waals surface area contributed by atoms with Gasteiger partial charge in [-0.2, -0.15) is 11.8 Å². The van der Waals surface area contributed by atoms with Crippen molar-refractivity contribution < 1.29 is 5.11 Å². The summed E-state index contributed by atoms with van der Waals surface area (Å²) in [6.07, 6.45) is 4.12. The molecule has 0 radical (unpaired) electrons. The second-order valence-corrected chi connectivity index (χ2v) is 6.63. The van der Waals surface area contributed by atoms with Gasteiger partial charge in [0, 0.05) is 19.6 Å². The predicted molar refractivity (Wildman–Crippen MR) is 85.6 cm³/mol. The van der Waals surface area contributed by atoms with E-state index in [9.17, 15) is 5.11 Å². The molecule has 0 spiro atoms. The van der Waals surface area contributed by atoms with Crippen molar-refractivity contribution in [3.8, 4) is 5.75 Å². The largest absolute Gasteiger partial charge is 0.508 e. The molecule has 0 bridgehead atoms. The van der Waals surface area contributed by atoms with E-state index < -0.39 is 0 Å². The molecule has 0 saturated carbocycles. The van der Waals surface area contributed by atoms with Crippen LogP contribution in [0.4, 0.5) is 0 Å². The monoisotopic (exact) mass is 296 g/mol. The van der Waals surface area contributed by atoms with Gasteiger partial charge >= 0.3 is 0 Å². The Morgan fingerprint density at radius 1 is 1.37 bits per heavy atom. The summed E-state index contributed by atoms with van der Waals surface area (Å²) in [5.41, 5.74) is 7.12. The third kappa shape index (κ3) is 3.41. The number of aromatic hydroxyl groups is 1. The van der Waals surface area contributed by atoms with Crippen molar-refractivity contribution in [3.63, 3.8) is 0 Å². The molecule has 0 atom stereocenters. The second kappa shape index (κ2) is 6.11. The van der Waals surface area contributed by atoms with Crippen molar-refractivity contribution in [3.05, 3.63) is 29.8 Å². The average molecular weight is 296 g/mol. The molecular weight excluding hydrogens is 276 g/mol. The Balaban J connectivity index is 1.93. The number of benzene rings is 1. The van der Waals surface area contributed by atoms with E-state index >= 15 is 0 Å². The van der Waals surface area contributed by atoms with Gasteiger partial charge in [-0.25, -0.2) is 0 Å². The molecule has 1 fully saturated rings. The first-order valence-corrected chi connectivity index (χ1v) is 8.04. The topological polar surface area (TPSA) is 49.5 Å². The summed E-state index contributed by atoms with van der Waals surface area (Å²) in [5.74, 6) is 0.317. The molecule has 1 aliphatic heterocycles. The number of piperidine rings is 1. The van der Waals surface area contributed by atoms with Crippen LogP contribution in [0.2, 0.25) is 0 Å². The van der Waals surface area contributed by atoms with Gasteiger partial charge in [-0.15, -0.1) is 0 Å². The molecule has 0 aromatic heterocycles. The van der Waals surface area contributed by atoms with Crippen LogP contribution in [-0.4, -0.2) is 39.1 Å². The smallest absolute Gasteiger partial charge is 0.115 e. The molecule has 19 heavy (non-hydrogen) atoms. The van der Waals surface area contributed by atoms with E-state index in [0.29, 0.717) is 10.7 Å². The Kier molecular flexibility index (Phi) is 4.71. The number of nitrogens with zero attached hydrogens (tertiary/aromatic N) is 1. The van der Waals surface area contributed by atoms with E-state index in [2.05, 4.69) is 11.2 Å². The van der Waals surface area contributed by atoms with Crippen LogP contribution >= 0.6 is 24.0 Å². The second-order valence-electron chi connectivity index (χ2n) is 5.01. The van der Waals surface area contributed by atoms with E-state index in [1.807, 2.05) is 12.1 Å². The van der Waals surface area contributed by atoms with Crippen LogP contribution < -0.4 is 5.73 Å². The molecule has 1 aliphatic rings. The van der Waals surface area contributed by atoms with Crippen molar-refractivity contribution in [1.29, 1.82) is 0 Å². The number of nitrogens with two attached hydrogens (primary N) is 1. The van der Waals surface area contributed by atoms with Crippen LogP contribution in [0.15, 0.2) is 24.3 Å². The highest BCUT2D eigenvalue weighted by atomic mass is 32.2. The van der Waals surface area contributed by atoms with Crippen LogP contribution in [-0.2, 0) is 6.54 Å². The highest BCUT2D eigenvalue weighted by molar-refractivity contribution is 8.02. The molecule has 3 N–H and O–H groups in total. The molecular formula is C14H20N2OS2. The SMILES string of the molecule is CSC1(C(N)=S)CCN(Cc2ccc(O)cc2)CC1. The number of phenolic OH excluding ortho intramolecular Hbond substituents is 1. The number of hydrogen-bond donors (Lipinski definition) is 2. The van der Waals surface area contributed by atoms with Crippen LogP contribution in [0.3, 0.4) is 0 Å². The maximum atomic E-state index is 9.28. The van der Waals surface area contributed by atoms with Gasteiger partial charge in [0.1, 0.15) is 5.75 Å². The van der Waals surface area contributed by atoms with Gasteiger partial charge in [0.15, 0.2) is 0 Å². The summed E-state index contributed by atoms with van der Waals surface area (Å²) in [6, 6.07) is 7.42. The Labute approximate surface area is 124 Å². The van der Waals surface area contributed by atoms with Gasteiger partial charge in [-0.05, 0) is 36.8 Å². The fraction of sp³-hybridized carbons (Fsp3) is 0.500. The van der Waals surface area contributed by atoms with E-state index in [1.165, 1.54) is 5.56 Å². The van der Waals surface area contributed by atoms with E-state index in [0.717, 1.165) is 32.5 Å². The van der Waals surface area contributed by atoms with Crippen molar-refractivity contribution in [2.45, 2.75) is 24.1 Å². The van der Waals surface area contributed by atoms with Gasteiger partial charge in [-0.1, -0.05) is 24.4 Å². The number of likely N-dealkylation sites (tertiary alicyclic amines) is 1. The molecule has 1 aromatic carbocycles. The number of hydrogen-bond acceptors (Lipinski definition) is 4. The third-order valence-electron chi connectivity index (χ3n) is 3.85. The lowest BCUT2D eigenvalue weighted by Crippen LogP contribution is -2.48. The lowest BCUT2D eigenvalue weighted by molar-refractivity contribution is 0.212. The zero-order chi connectivity index (χ0) is 13.9. The number of rotatable bonds is 4. The summed E-state index contributed by atoms with van der Waals surface area (Å²) >= 11 is 7.01. The third-order valence-corrected chi connectivity index (χ3v) is 5.78. The van der Waals surface area contributed by atoms with Gasteiger partial charge in [-0.3, -0.25) is 4.90 Å². The first-order chi connectivity index (χ1) is 9.05. The molecule has 2 rings (SSSR count). The zero-order valence-electron chi connectivity index (χ0n) is 11.1. The van der Waals surface area contributed by atoms with E-state index in [-0.39, 0.29) is 4.75 Å². The molecule has 1 aromatic rings. The number of phenols is 1. The minimum absolute atomic E-state index is 0.0131. The fourth-order valence-electron chi connectivity index (χ4n) is 2.48. The summed E-state index contributed by atoms with van der Waals surface area (Å²) in [5, 5.41) is 9.28. The Morgan fingerprint density at radius 2 is 1.95 bits per heavy atom. The van der Waals surface area contributed by atoms with Crippen molar-refractivity contribution in [2.24, 2.45) is 5.73 Å². The maximum Gasteiger partial charge on any atom is 0.115 e. The average Bonchev–Trinajstić information content (AvgIpc) is 2.42. The summed E-state index contributed by atoms with van der Waals surface area (Å²) in [7, 11) is 0. The Hall–Kier alpha value is -0.780. The molecule has 0 unspecified atom stereocenters. The summed E-state index contributed by atoms with van der Waals surface area (Å²) in [4.78, 5) is 3.06. The van der Waals surface area contributed by atoms with E-state index in [1.54, 1.807) is 23.9 Å². The number of thiocarbonyl (C=S) groups is 1. The minimum atomic E-state index is -0.0131. The quantitative estimate of drug-likeness (QED) is 0.836. The fourth-order valence-corrected chi connectivity index (χ4v) is 3.73. The standard InChI is InChI=1S/C14H20N2OS2/c1-19-14(13(15)18)6-8-16(9-7-14)10-11-2-4-12(17)5-3-11/h2-5,17H,6-10H2,1H3,(H2,15,18). The minimum Gasteiger partial charge on any atom is -0.508 e. The van der Waals surface area contributed by atoms with Crippen LogP contribution in [0.5, 0.6) is 5.75 Å². The molecule has 5 heteroatoms. The van der Waals surface area contributed by atoms with E-state index in [4.69, 9.17) is 18.0 Å². The lowest BCUT2D eigenvalue weighted by atomic mass is 9.95. The lowest BCUT2D eigenvalue weighted by Gasteiger charge is -2.40. The first-order valence-electron chi connectivity index (χ1n) is 6.41. The molecule has 0 aliphatic carbocycles. The summed E-state index contributed by atoms with van der Waals surface area (Å²) < 4.78 is -0.0131. The van der Waals surface area contributed by atoms with Crippen LogP contribution in [0.1, 0.15) is 18.4 Å². The molecule has 0 amide bonds. The highest BCUT2D eigenvalue weighted by Gasteiger charge is 2.36. The predicted octanol–water partition coefficient (Wildman–Crippen LogP) is 2.38. The van der Waals surface area contributed by atoms with Gasteiger partial charge < -0.3 is 10.8 Å². The molecule has 104 valence electrons. The van der Waals surface area contributed by atoms with Gasteiger partial charge in [0.25, 0.3) is 0 Å². The summed E-state index contributed by atoms with van der Waals surface area (Å²) in [6.45, 7) is 2.94. The Bertz CT molecular complexity index is 439. The zero-order valence-corrected chi connectivity index (χ0v) is 12.8. The number of thioether (sulfide) groups is 1. The van der Waals surface area contributed by atoms with Crippen molar-refractivity contribution >= 4 is 29.0 Å². The highest BCUT2D eigenvalue weighted by Crippen LogP contribution is 2.35. The normalized spacial score (nSPS) is 19.2. The Morgan fingerprint density at radius 3 is 2.42 bits per heavy atom. The van der Waals surface area contributed by atoms with Crippen molar-refractivity contribution in [1.82, 2.24) is 4.90 Å². The van der Waals surface area contributed by atoms with Gasteiger partial charge in [0.2, 0.25) is 0 Å². The van der Waals surface area contributed by atoms with Gasteiger partial charge in [0.05, 0.1) is 9.74 Å². The molecule has 1 saturated heterocycles.